The van der Waals surface area contributed by atoms with Crippen molar-refractivity contribution in [2.45, 2.75) is 12.5 Å². The second-order valence-electron chi connectivity index (χ2n) is 9.70. The molecular formula is C27H33FN6O3. The molecular weight excluding hydrogens is 475 g/mol. The number of hydrazone groups is 1. The molecule has 1 N–H and O–H groups in total. The summed E-state index contributed by atoms with van der Waals surface area (Å²) in [6.07, 6.45) is 2.64. The van der Waals surface area contributed by atoms with Gasteiger partial charge in [0.05, 0.1) is 37.2 Å². The molecule has 10 heteroatoms. The number of aliphatic carboxylic acids is 1. The van der Waals surface area contributed by atoms with Gasteiger partial charge in [-0.15, -0.1) is 0 Å². The Morgan fingerprint density at radius 2 is 1.70 bits per heavy atom. The molecule has 0 amide bonds. The summed E-state index contributed by atoms with van der Waals surface area (Å²) in [6, 6.07) is 15.1. The van der Waals surface area contributed by atoms with Crippen LogP contribution in [0.3, 0.4) is 0 Å². The van der Waals surface area contributed by atoms with Crippen molar-refractivity contribution in [1.82, 2.24) is 14.8 Å². The van der Waals surface area contributed by atoms with E-state index in [1.165, 1.54) is 6.07 Å². The molecule has 0 radical (unpaired) electrons. The van der Waals surface area contributed by atoms with Gasteiger partial charge in [-0.25, -0.2) is 4.39 Å². The van der Waals surface area contributed by atoms with Gasteiger partial charge in [-0.1, -0.05) is 41.6 Å². The van der Waals surface area contributed by atoms with Crippen LogP contribution in [0.2, 0.25) is 0 Å². The molecule has 2 aromatic carbocycles. The molecule has 0 aromatic heterocycles. The lowest BCUT2D eigenvalue weighted by Gasteiger charge is -2.34. The Balaban J connectivity index is 1.06. The maximum Gasteiger partial charge on any atom is 0.317 e. The molecule has 9 nitrogen and oxygen atoms in total. The van der Waals surface area contributed by atoms with Crippen molar-refractivity contribution >= 4 is 23.6 Å². The summed E-state index contributed by atoms with van der Waals surface area (Å²) < 4.78 is 14.0. The van der Waals surface area contributed by atoms with Crippen molar-refractivity contribution in [2.24, 2.45) is 10.3 Å². The molecule has 0 spiro atoms. The Hall–Kier alpha value is -3.50. The molecule has 1 unspecified atom stereocenters. The normalized spacial score (nSPS) is 21.3. The quantitative estimate of drug-likeness (QED) is 0.547. The van der Waals surface area contributed by atoms with Crippen molar-refractivity contribution in [3.05, 3.63) is 65.5 Å². The van der Waals surface area contributed by atoms with E-state index in [0.29, 0.717) is 5.69 Å². The van der Waals surface area contributed by atoms with Crippen LogP contribution in [0.15, 0.2) is 58.8 Å². The number of benzene rings is 2. The number of hydrogen-bond donors (Lipinski definition) is 1. The summed E-state index contributed by atoms with van der Waals surface area (Å²) in [5, 5.41) is 19.9. The maximum absolute atomic E-state index is 14.0. The monoisotopic (exact) mass is 508 g/mol. The first kappa shape index (κ1) is 25.2. The zero-order chi connectivity index (χ0) is 25.6. The zero-order valence-electron chi connectivity index (χ0n) is 20.9. The van der Waals surface area contributed by atoms with E-state index in [1.807, 2.05) is 52.5 Å². The zero-order valence-corrected chi connectivity index (χ0v) is 20.9. The molecule has 5 rings (SSSR count). The number of oxime groups is 1. The Morgan fingerprint density at radius 3 is 2.41 bits per heavy atom. The third kappa shape index (κ3) is 6.64. The number of halogens is 1. The van der Waals surface area contributed by atoms with E-state index in [9.17, 15) is 9.18 Å². The van der Waals surface area contributed by atoms with E-state index < -0.39 is 5.97 Å². The number of piperazine rings is 2. The van der Waals surface area contributed by atoms with Crippen molar-refractivity contribution in [1.29, 1.82) is 0 Å². The fourth-order valence-electron chi connectivity index (χ4n) is 4.98. The molecule has 3 aliphatic heterocycles. The highest BCUT2D eigenvalue weighted by Crippen LogP contribution is 2.21. The SMILES string of the molecule is O=C(O)CN1CCN(CC2CC(c3ccc(/C=N/N4CCN(c5ccccc5F)CC4)cc3)=NO2)CC1. The number of carbonyl (C=O) groups is 1. The molecule has 3 heterocycles. The van der Waals surface area contributed by atoms with Gasteiger partial charge in [0.2, 0.25) is 0 Å². The Labute approximate surface area is 216 Å². The first-order valence-electron chi connectivity index (χ1n) is 12.8. The van der Waals surface area contributed by atoms with Gasteiger partial charge in [0.15, 0.2) is 0 Å². The second-order valence-corrected chi connectivity index (χ2v) is 9.70. The number of carboxylic acid groups (broad SMARTS) is 1. The predicted octanol–water partition coefficient (Wildman–Crippen LogP) is 2.18. The van der Waals surface area contributed by atoms with E-state index in [4.69, 9.17) is 9.94 Å². The summed E-state index contributed by atoms with van der Waals surface area (Å²) in [6.45, 7) is 7.06. The molecule has 3 aliphatic rings. The third-order valence-electron chi connectivity index (χ3n) is 7.08. The van der Waals surface area contributed by atoms with Crippen LogP contribution in [0.1, 0.15) is 17.5 Å². The van der Waals surface area contributed by atoms with E-state index >= 15 is 0 Å². The minimum Gasteiger partial charge on any atom is -0.480 e. The van der Waals surface area contributed by atoms with Crippen LogP contribution in [-0.4, -0.2) is 109 Å². The average Bonchev–Trinajstić information content (AvgIpc) is 3.38. The smallest absolute Gasteiger partial charge is 0.317 e. The number of para-hydroxylation sites is 1. The first-order valence-corrected chi connectivity index (χ1v) is 12.8. The van der Waals surface area contributed by atoms with Crippen LogP contribution in [0.5, 0.6) is 0 Å². The molecule has 2 fully saturated rings. The summed E-state index contributed by atoms with van der Waals surface area (Å²) >= 11 is 0. The molecule has 2 saturated heterocycles. The average molecular weight is 509 g/mol. The maximum atomic E-state index is 14.0. The second kappa shape index (κ2) is 11.7. The number of rotatable bonds is 8. The van der Waals surface area contributed by atoms with Gasteiger partial charge in [-0.3, -0.25) is 19.6 Å². The molecule has 1 atom stereocenters. The predicted molar refractivity (Wildman–Crippen MR) is 141 cm³/mol. The molecule has 196 valence electrons. The summed E-state index contributed by atoms with van der Waals surface area (Å²) in [5.74, 6) is -0.957. The van der Waals surface area contributed by atoms with Gasteiger partial charge in [0.25, 0.3) is 0 Å². The standard InChI is InChI=1S/C27H33FN6O3/c28-24-3-1-2-4-26(24)33-13-15-34(16-14-33)29-18-21-5-7-22(8-6-21)25-17-23(37-30-25)19-31-9-11-32(12-10-31)20-27(35)36/h1-8,18,23H,9-17,19-20H2,(H,35,36)/b29-18+. The summed E-state index contributed by atoms with van der Waals surface area (Å²) in [7, 11) is 0. The minimum absolute atomic E-state index is 0.0188. The van der Waals surface area contributed by atoms with Crippen molar-refractivity contribution in [3.8, 4) is 0 Å². The Bertz CT molecular complexity index is 1130. The minimum atomic E-state index is -0.776. The molecule has 0 aliphatic carbocycles. The lowest BCUT2D eigenvalue weighted by atomic mass is 10.0. The molecule has 2 aromatic rings. The largest absolute Gasteiger partial charge is 0.480 e. The number of nitrogens with zero attached hydrogens (tertiary/aromatic N) is 6. The van der Waals surface area contributed by atoms with Gasteiger partial charge in [0.1, 0.15) is 11.9 Å². The van der Waals surface area contributed by atoms with Crippen LogP contribution in [0.4, 0.5) is 10.1 Å². The Morgan fingerprint density at radius 1 is 1.00 bits per heavy atom. The van der Waals surface area contributed by atoms with Gasteiger partial charge < -0.3 is 14.8 Å². The lowest BCUT2D eigenvalue weighted by molar-refractivity contribution is -0.138. The van der Waals surface area contributed by atoms with Crippen LogP contribution < -0.4 is 4.90 Å². The Kier molecular flexibility index (Phi) is 7.96. The van der Waals surface area contributed by atoms with Crippen molar-refractivity contribution in [3.63, 3.8) is 0 Å². The van der Waals surface area contributed by atoms with Gasteiger partial charge in [-0.05, 0) is 23.3 Å². The molecule has 37 heavy (non-hydrogen) atoms. The van der Waals surface area contributed by atoms with E-state index in [-0.39, 0.29) is 18.5 Å². The number of anilines is 1. The van der Waals surface area contributed by atoms with Crippen LogP contribution in [-0.2, 0) is 9.63 Å². The van der Waals surface area contributed by atoms with Crippen LogP contribution in [0, 0.1) is 5.82 Å². The van der Waals surface area contributed by atoms with E-state index in [2.05, 4.69) is 20.1 Å². The van der Waals surface area contributed by atoms with Crippen molar-refractivity contribution < 1.29 is 19.1 Å². The van der Waals surface area contributed by atoms with Gasteiger partial charge in [0, 0.05) is 52.2 Å². The van der Waals surface area contributed by atoms with Gasteiger partial charge >= 0.3 is 5.97 Å². The van der Waals surface area contributed by atoms with Crippen LogP contribution >= 0.6 is 0 Å². The lowest BCUT2D eigenvalue weighted by Crippen LogP contribution is -2.49. The highest BCUT2D eigenvalue weighted by atomic mass is 19.1. The fraction of sp³-hybridized carbons (Fsp3) is 0.444. The fourth-order valence-corrected chi connectivity index (χ4v) is 4.98. The highest BCUT2D eigenvalue weighted by Gasteiger charge is 2.27. The number of hydrogen-bond acceptors (Lipinski definition) is 8. The van der Waals surface area contributed by atoms with Gasteiger partial charge in [-0.2, -0.15) is 5.10 Å². The summed E-state index contributed by atoms with van der Waals surface area (Å²) in [5.41, 5.74) is 3.66. The summed E-state index contributed by atoms with van der Waals surface area (Å²) in [4.78, 5) is 22.9. The van der Waals surface area contributed by atoms with E-state index in [0.717, 1.165) is 82.2 Å². The number of carboxylic acids is 1. The molecule has 0 bridgehead atoms. The molecule has 0 saturated carbocycles. The third-order valence-corrected chi connectivity index (χ3v) is 7.08. The van der Waals surface area contributed by atoms with E-state index in [1.54, 1.807) is 6.07 Å². The van der Waals surface area contributed by atoms with Crippen LogP contribution in [0.25, 0.3) is 0 Å². The van der Waals surface area contributed by atoms with Crippen molar-refractivity contribution in [2.75, 3.05) is 70.3 Å². The first-order chi connectivity index (χ1) is 18.0. The topological polar surface area (TPSA) is 84.2 Å². The highest BCUT2D eigenvalue weighted by molar-refractivity contribution is 6.01.